The van der Waals surface area contributed by atoms with Crippen LogP contribution in [0.1, 0.15) is 26.7 Å². The number of benzene rings is 2. The van der Waals surface area contributed by atoms with Gasteiger partial charge in [-0.3, -0.25) is 0 Å². The van der Waals surface area contributed by atoms with E-state index < -0.39 is 21.8 Å². The fourth-order valence-corrected chi connectivity index (χ4v) is 11.3. The van der Waals surface area contributed by atoms with Crippen molar-refractivity contribution < 1.29 is 33.8 Å². The Labute approximate surface area is 195 Å². The second-order valence-electron chi connectivity index (χ2n) is 7.37. The summed E-state index contributed by atoms with van der Waals surface area (Å²) in [4.78, 5) is 25.7. The molecule has 2 aromatic carbocycles. The van der Waals surface area contributed by atoms with E-state index >= 15 is 0 Å². The van der Waals surface area contributed by atoms with Crippen LogP contribution in [0.2, 0.25) is 0 Å². The number of hydrogen-bond donors (Lipinski definition) is 0. The minimum Gasteiger partial charge on any atom is -0.381 e. The third-order valence-electron chi connectivity index (χ3n) is 5.60. The molecule has 1 radical (unpaired) electrons. The van der Waals surface area contributed by atoms with Gasteiger partial charge in [-0.1, -0.05) is 36.4 Å². The van der Waals surface area contributed by atoms with Gasteiger partial charge in [0.2, 0.25) is 10.6 Å². The minimum atomic E-state index is -1.58. The summed E-state index contributed by atoms with van der Waals surface area (Å²) in [5.74, 6) is -0.792. The van der Waals surface area contributed by atoms with Gasteiger partial charge in [0.15, 0.2) is 0 Å². The van der Waals surface area contributed by atoms with Crippen LogP contribution in [0.4, 0.5) is 0 Å². The van der Waals surface area contributed by atoms with Gasteiger partial charge in [-0.15, -0.1) is 0 Å². The van der Waals surface area contributed by atoms with E-state index in [0.717, 1.165) is 28.8 Å². The summed E-state index contributed by atoms with van der Waals surface area (Å²) in [6, 6.07) is 20.2. The van der Waals surface area contributed by atoms with Crippen LogP contribution in [0.15, 0.2) is 71.3 Å². The summed E-state index contributed by atoms with van der Waals surface area (Å²) in [6.45, 7) is 4.46. The molecule has 2 aliphatic rings. The largest absolute Gasteiger partial charge is 2.00 e. The fraction of sp³-hybridized carbons (Fsp3) is 0.250. The molecule has 0 amide bonds. The first-order valence-corrected chi connectivity index (χ1v) is 12.6. The van der Waals surface area contributed by atoms with Crippen molar-refractivity contribution in [1.82, 2.24) is 0 Å². The van der Waals surface area contributed by atoms with Gasteiger partial charge in [0.25, 0.3) is 0 Å². The van der Waals surface area contributed by atoms with Crippen LogP contribution in [0.5, 0.6) is 0 Å². The van der Waals surface area contributed by atoms with Gasteiger partial charge in [-0.2, -0.15) is 0 Å². The monoisotopic (exact) mass is 531 g/mol. The van der Waals surface area contributed by atoms with Crippen LogP contribution in [0, 0.1) is 14.9 Å². The van der Waals surface area contributed by atoms with Gasteiger partial charge in [-0.05, 0) is 51.0 Å². The second-order valence-corrected chi connectivity index (χ2v) is 13.2. The number of carbonyl (C=O) groups is 2. The molecule has 2 atom stereocenters. The van der Waals surface area contributed by atoms with Crippen LogP contribution in [-0.2, 0) is 33.8 Å². The Balaban J connectivity index is 0.00000150. The molecule has 0 unspecified atom stereocenters. The Morgan fingerprint density at radius 1 is 0.800 bits per heavy atom. The first-order valence-electron chi connectivity index (χ1n) is 9.44. The molecule has 0 bridgehead atoms. The summed E-state index contributed by atoms with van der Waals surface area (Å²) in [5, 5.41) is 3.67. The molecule has 161 valence electrons. The Hall–Kier alpha value is -1.20. The molecule has 3 nitrogen and oxygen atoms in total. The van der Waals surface area contributed by atoms with Crippen molar-refractivity contribution in [2.45, 2.75) is 38.0 Å². The molecule has 2 aliphatic heterocycles. The molecule has 1 saturated heterocycles. The molecule has 0 saturated carbocycles. The quantitative estimate of drug-likeness (QED) is 0.187. The summed E-state index contributed by atoms with van der Waals surface area (Å²) in [5.41, 5.74) is 0.978. The van der Waals surface area contributed by atoms with E-state index in [-0.39, 0.29) is 40.3 Å². The number of carbonyl (C=O) groups excluding carboxylic acids is 2. The van der Waals surface area contributed by atoms with E-state index in [2.05, 4.69) is 38.1 Å². The van der Waals surface area contributed by atoms with Crippen molar-refractivity contribution >= 4 is 38.4 Å². The third kappa shape index (κ3) is 4.99. The standard InChI is InChI=1S/C22H22O3P2.2CH3.Rh/c1-15-13-14-16(2)26(15)19-20(22(24)25-21(19)23)27(17-9-5-3-6-10-17)18-11-7-4-8-12-18;;;/h3-12,15-16H,13-14H2,1-2H3;2*1H3;/q;2*-1;+2/p+2/t15-,16-;;;/m1.../s1. The molecule has 6 heteroatoms. The molecular formula is C24H30O3P2Rh+2. The Morgan fingerprint density at radius 3 is 1.67 bits per heavy atom. The molecule has 30 heavy (non-hydrogen) atoms. The summed E-state index contributed by atoms with van der Waals surface area (Å²) < 4.78 is 5.22. The van der Waals surface area contributed by atoms with Crippen molar-refractivity contribution in [2.24, 2.45) is 0 Å². The maximum Gasteiger partial charge on any atom is 2.00 e. The fourth-order valence-electron chi connectivity index (χ4n) is 4.33. The SMILES string of the molecule is C[C@@H]1CC[C@@H](C)[PH+]1C1=C([PH+](c2ccccc2)c2ccccc2)C(=O)OC1=O.[CH3-].[CH3-].[Rh+2]. The molecule has 2 heterocycles. The molecule has 1 fully saturated rings. The van der Waals surface area contributed by atoms with Crippen LogP contribution in [0.3, 0.4) is 0 Å². The van der Waals surface area contributed by atoms with Crippen LogP contribution in [0.25, 0.3) is 0 Å². The van der Waals surface area contributed by atoms with Gasteiger partial charge in [0, 0.05) is 0 Å². The van der Waals surface area contributed by atoms with Crippen LogP contribution >= 0.6 is 15.8 Å². The van der Waals surface area contributed by atoms with Crippen molar-refractivity contribution in [2.75, 3.05) is 0 Å². The van der Waals surface area contributed by atoms with Crippen molar-refractivity contribution in [3.8, 4) is 0 Å². The number of ether oxygens (including phenoxy) is 1. The summed E-state index contributed by atoms with van der Waals surface area (Å²) in [7, 11) is -2.70. The van der Waals surface area contributed by atoms with E-state index in [1.54, 1.807) is 0 Å². The van der Waals surface area contributed by atoms with Crippen LogP contribution < -0.4 is 10.6 Å². The van der Waals surface area contributed by atoms with Gasteiger partial charge < -0.3 is 19.6 Å². The van der Waals surface area contributed by atoms with E-state index in [1.807, 2.05) is 36.4 Å². The molecule has 4 rings (SSSR count). The molecule has 0 aromatic heterocycles. The van der Waals surface area contributed by atoms with Crippen LogP contribution in [-0.4, -0.2) is 23.3 Å². The van der Waals surface area contributed by atoms with Crippen molar-refractivity contribution in [3.05, 3.63) is 86.1 Å². The third-order valence-corrected chi connectivity index (χ3v) is 12.4. The predicted molar refractivity (Wildman–Crippen MR) is 128 cm³/mol. The normalized spacial score (nSPS) is 21.0. The zero-order valence-corrected chi connectivity index (χ0v) is 21.5. The average molecular weight is 531 g/mol. The van der Waals surface area contributed by atoms with Gasteiger partial charge in [0.05, 0.1) is 19.2 Å². The topological polar surface area (TPSA) is 43.4 Å². The Morgan fingerprint density at radius 2 is 1.23 bits per heavy atom. The molecule has 2 aromatic rings. The van der Waals surface area contributed by atoms with E-state index in [0.29, 0.717) is 16.6 Å². The first kappa shape index (κ1) is 26.8. The smallest absolute Gasteiger partial charge is 0.381 e. The maximum atomic E-state index is 12.9. The molecule has 0 spiro atoms. The molecule has 0 aliphatic carbocycles. The summed E-state index contributed by atoms with van der Waals surface area (Å²) >= 11 is 0. The average Bonchev–Trinajstić information content (AvgIpc) is 3.15. The van der Waals surface area contributed by atoms with E-state index in [1.165, 1.54) is 0 Å². The second kappa shape index (κ2) is 11.4. The van der Waals surface area contributed by atoms with Gasteiger partial charge in [-0.25, -0.2) is 9.59 Å². The maximum absolute atomic E-state index is 12.9. The number of rotatable bonds is 4. The summed E-state index contributed by atoms with van der Waals surface area (Å²) in [6.07, 6.45) is 2.26. The van der Waals surface area contributed by atoms with Crippen molar-refractivity contribution in [1.29, 1.82) is 0 Å². The number of hydrogen-bond acceptors (Lipinski definition) is 3. The Bertz CT molecular complexity index is 850. The van der Waals surface area contributed by atoms with E-state index in [9.17, 15) is 9.59 Å². The number of esters is 2. The number of cyclic esters (lactones) is 2. The first-order chi connectivity index (χ1) is 13.1. The Kier molecular flexibility index (Phi) is 10.2. The predicted octanol–water partition coefficient (Wildman–Crippen LogP) is 4.83. The van der Waals surface area contributed by atoms with E-state index in [4.69, 9.17) is 4.74 Å². The zero-order chi connectivity index (χ0) is 19.0. The van der Waals surface area contributed by atoms with Crippen molar-refractivity contribution in [3.63, 3.8) is 0 Å². The minimum absolute atomic E-state index is 0. The van der Waals surface area contributed by atoms with Gasteiger partial charge >= 0.3 is 31.4 Å². The molecule has 0 N–H and O–H groups in total. The van der Waals surface area contributed by atoms with Gasteiger partial charge in [0.1, 0.15) is 18.5 Å². The molecular weight excluding hydrogens is 501 g/mol. The zero-order valence-electron chi connectivity index (χ0n) is 17.9.